The fourth-order valence-electron chi connectivity index (χ4n) is 5.68. The van der Waals surface area contributed by atoms with Crippen molar-refractivity contribution in [3.63, 3.8) is 0 Å². The number of hydrogen-bond acceptors (Lipinski definition) is 19. The Balaban J connectivity index is 1.50. The number of ether oxygens (including phenoxy) is 6. The van der Waals surface area contributed by atoms with Gasteiger partial charge in [0.05, 0.1) is 24.8 Å². The van der Waals surface area contributed by atoms with Gasteiger partial charge in [0.1, 0.15) is 73.2 Å². The van der Waals surface area contributed by atoms with Crippen molar-refractivity contribution >= 4 is 0 Å². The van der Waals surface area contributed by atoms with E-state index in [4.69, 9.17) is 57.1 Å². The molecular formula is C23H45N5O14. The van der Waals surface area contributed by atoms with E-state index in [1.165, 1.54) is 0 Å². The lowest BCUT2D eigenvalue weighted by atomic mass is 9.85. The summed E-state index contributed by atoms with van der Waals surface area (Å²) in [6.07, 6.45) is -22.1. The second-order valence-corrected chi connectivity index (χ2v) is 11.2. The third-order valence-electron chi connectivity index (χ3n) is 8.30. The van der Waals surface area contributed by atoms with E-state index in [2.05, 4.69) is 0 Å². The second-order valence-electron chi connectivity index (χ2n) is 11.2. The predicted octanol–water partition coefficient (Wildman–Crippen LogP) is -8.86. The van der Waals surface area contributed by atoms with Crippen LogP contribution in [0.25, 0.3) is 0 Å². The topological polar surface area (TPSA) is 347 Å². The first-order chi connectivity index (χ1) is 19.8. The number of aliphatic hydroxyl groups is 8. The van der Waals surface area contributed by atoms with Crippen molar-refractivity contribution in [3.8, 4) is 0 Å². The van der Waals surface area contributed by atoms with Crippen molar-refractivity contribution in [1.29, 1.82) is 0 Å². The molecule has 0 aromatic rings. The third-order valence-corrected chi connectivity index (χ3v) is 8.30. The number of rotatable bonds is 9. The molecule has 0 spiro atoms. The van der Waals surface area contributed by atoms with Gasteiger partial charge in [0.2, 0.25) is 0 Å². The van der Waals surface area contributed by atoms with Gasteiger partial charge in [-0.05, 0) is 6.42 Å². The van der Waals surface area contributed by atoms with Crippen LogP contribution in [0.3, 0.4) is 0 Å². The zero-order valence-corrected chi connectivity index (χ0v) is 22.7. The smallest absolute Gasteiger partial charge is 0.187 e. The summed E-state index contributed by atoms with van der Waals surface area (Å²) in [7, 11) is 0. The van der Waals surface area contributed by atoms with Gasteiger partial charge in [-0.2, -0.15) is 0 Å². The molecule has 3 heterocycles. The minimum atomic E-state index is -1.65. The van der Waals surface area contributed by atoms with Crippen LogP contribution in [0.15, 0.2) is 0 Å². The van der Waals surface area contributed by atoms with E-state index in [0.29, 0.717) is 0 Å². The molecule has 0 aromatic carbocycles. The van der Waals surface area contributed by atoms with Crippen LogP contribution in [0.2, 0.25) is 0 Å². The van der Waals surface area contributed by atoms with Crippen molar-refractivity contribution in [2.45, 2.75) is 123 Å². The Morgan fingerprint density at radius 3 is 1.48 bits per heavy atom. The summed E-state index contributed by atoms with van der Waals surface area (Å²) in [5.74, 6) is 0. The Kier molecular flexibility index (Phi) is 11.5. The molecule has 0 radical (unpaired) electrons. The van der Waals surface area contributed by atoms with Gasteiger partial charge in [0, 0.05) is 19.1 Å². The summed E-state index contributed by atoms with van der Waals surface area (Å²) in [4.78, 5) is 0. The molecule has 3 saturated heterocycles. The highest BCUT2D eigenvalue weighted by Crippen LogP contribution is 2.34. The average Bonchev–Trinajstić information content (AvgIpc) is 3.27. The van der Waals surface area contributed by atoms with Crippen LogP contribution >= 0.6 is 0 Å². The standard InChI is InChI=1S/C23H45N5O14/c24-2-7-13(32)15(34)10(27)21(37-7)40-18-5(26)1-6(30)12(31)20(18)42-23-17(36)19(9(4-29)39-23)41-22-11(28)16(35)14(33)8(3-25)38-22/h5-23,29-36H,1-4,24-28H2/t5-,6+,7+,8+,9+,10+,11+,12-,13+,14+,15+,16+,17+,18+,19+,20+,21+,22+,23-/m0/s1. The molecule has 1 saturated carbocycles. The van der Waals surface area contributed by atoms with Crippen LogP contribution in [0.1, 0.15) is 6.42 Å². The molecule has 4 fully saturated rings. The number of hydrogen-bond donors (Lipinski definition) is 13. The zero-order chi connectivity index (χ0) is 31.0. The van der Waals surface area contributed by atoms with Gasteiger partial charge >= 0.3 is 0 Å². The molecule has 19 heteroatoms. The molecule has 4 aliphatic rings. The Morgan fingerprint density at radius 2 is 1.00 bits per heavy atom. The van der Waals surface area contributed by atoms with E-state index < -0.39 is 123 Å². The first-order valence-electron chi connectivity index (χ1n) is 13.8. The fourth-order valence-corrected chi connectivity index (χ4v) is 5.68. The molecule has 1 aliphatic carbocycles. The highest BCUT2D eigenvalue weighted by atomic mass is 16.8. The predicted molar refractivity (Wildman–Crippen MR) is 136 cm³/mol. The lowest BCUT2D eigenvalue weighted by molar-refractivity contribution is -0.311. The third kappa shape index (κ3) is 6.60. The van der Waals surface area contributed by atoms with Crippen LogP contribution in [-0.2, 0) is 28.4 Å². The van der Waals surface area contributed by atoms with E-state index in [1.807, 2.05) is 0 Å². The first kappa shape index (κ1) is 34.1. The van der Waals surface area contributed by atoms with Crippen LogP contribution in [0.5, 0.6) is 0 Å². The van der Waals surface area contributed by atoms with Gasteiger partial charge in [-0.1, -0.05) is 0 Å². The minimum absolute atomic E-state index is 0.133. The van der Waals surface area contributed by atoms with Crippen molar-refractivity contribution in [1.82, 2.24) is 0 Å². The van der Waals surface area contributed by atoms with E-state index in [1.54, 1.807) is 0 Å². The first-order valence-corrected chi connectivity index (χ1v) is 13.8. The summed E-state index contributed by atoms with van der Waals surface area (Å²) in [6, 6.07) is -3.49. The monoisotopic (exact) mass is 615 g/mol. The SMILES string of the molecule is NC[C@H]1O[C@H](O[C@H]2[C@H](O[C@@H]3O[C@H](CO)[C@@H](O[C@H]4O[C@H](CN)[C@@H](O)[C@H](O)[C@H]4N)[C@H]3O)[C@@H](O)[C@H](O)C[C@@H]2N)[C@H](N)[C@@H](O)[C@@H]1O. The summed E-state index contributed by atoms with van der Waals surface area (Å²) in [5.41, 5.74) is 29.4. The van der Waals surface area contributed by atoms with Gasteiger partial charge in [-0.15, -0.1) is 0 Å². The van der Waals surface area contributed by atoms with Gasteiger partial charge in [0.15, 0.2) is 18.9 Å². The molecule has 3 aliphatic heterocycles. The van der Waals surface area contributed by atoms with E-state index in [9.17, 15) is 40.9 Å². The number of nitrogens with two attached hydrogens (primary N) is 5. The van der Waals surface area contributed by atoms with E-state index in [-0.39, 0.29) is 19.5 Å². The average molecular weight is 616 g/mol. The Labute approximate surface area is 240 Å². The molecule has 0 unspecified atom stereocenters. The second kappa shape index (κ2) is 14.1. The molecule has 19 nitrogen and oxygen atoms in total. The summed E-state index contributed by atoms with van der Waals surface area (Å²) in [6.45, 7) is -1.02. The summed E-state index contributed by atoms with van der Waals surface area (Å²) in [5, 5.41) is 83.2. The van der Waals surface area contributed by atoms with Crippen molar-refractivity contribution < 1.29 is 69.3 Å². The van der Waals surface area contributed by atoms with Crippen molar-refractivity contribution in [2.24, 2.45) is 28.7 Å². The van der Waals surface area contributed by atoms with Crippen LogP contribution in [0, 0.1) is 0 Å². The van der Waals surface area contributed by atoms with Gasteiger partial charge in [-0.3, -0.25) is 0 Å². The molecule has 42 heavy (non-hydrogen) atoms. The van der Waals surface area contributed by atoms with Gasteiger partial charge in [-0.25, -0.2) is 0 Å². The molecule has 19 atom stereocenters. The maximum atomic E-state index is 11.1. The normalized spacial score (nSPS) is 53.8. The Hall–Kier alpha value is -0.760. The maximum absolute atomic E-state index is 11.1. The molecule has 0 amide bonds. The van der Waals surface area contributed by atoms with E-state index in [0.717, 1.165) is 0 Å². The quantitative estimate of drug-likeness (QED) is 0.114. The van der Waals surface area contributed by atoms with Gasteiger partial charge in [0.25, 0.3) is 0 Å². The zero-order valence-electron chi connectivity index (χ0n) is 22.7. The lowest BCUT2D eigenvalue weighted by Crippen LogP contribution is -2.67. The maximum Gasteiger partial charge on any atom is 0.187 e. The highest BCUT2D eigenvalue weighted by molar-refractivity contribution is 5.01. The van der Waals surface area contributed by atoms with Crippen molar-refractivity contribution in [2.75, 3.05) is 19.7 Å². The molecule has 0 aromatic heterocycles. The fraction of sp³-hybridized carbons (Fsp3) is 1.00. The van der Waals surface area contributed by atoms with Crippen molar-refractivity contribution in [3.05, 3.63) is 0 Å². The molecular weight excluding hydrogens is 570 g/mol. The number of aliphatic hydroxyl groups excluding tert-OH is 8. The summed E-state index contributed by atoms with van der Waals surface area (Å²) < 4.78 is 34.4. The molecule has 0 bridgehead atoms. The molecule has 18 N–H and O–H groups in total. The van der Waals surface area contributed by atoms with Crippen LogP contribution in [0.4, 0.5) is 0 Å². The van der Waals surface area contributed by atoms with Gasteiger partial charge < -0.3 is 97.9 Å². The van der Waals surface area contributed by atoms with Crippen LogP contribution < -0.4 is 28.7 Å². The summed E-state index contributed by atoms with van der Waals surface area (Å²) >= 11 is 0. The molecule has 4 rings (SSSR count). The minimum Gasteiger partial charge on any atom is -0.394 e. The largest absolute Gasteiger partial charge is 0.394 e. The Bertz CT molecular complexity index is 866. The highest BCUT2D eigenvalue weighted by Gasteiger charge is 2.54. The Morgan fingerprint density at radius 1 is 0.548 bits per heavy atom. The lowest BCUT2D eigenvalue weighted by Gasteiger charge is -2.47. The molecule has 246 valence electrons. The van der Waals surface area contributed by atoms with E-state index >= 15 is 0 Å². The van der Waals surface area contributed by atoms with Crippen LogP contribution in [-0.4, -0.2) is 177 Å².